The van der Waals surface area contributed by atoms with Gasteiger partial charge in [-0.3, -0.25) is 4.79 Å². The Balaban J connectivity index is 1.65. The van der Waals surface area contributed by atoms with E-state index in [2.05, 4.69) is 31.3 Å². The number of amides is 1. The largest absolute Gasteiger partial charge is 0.306 e. The number of hydrogen-bond donors (Lipinski definition) is 1. The standard InChI is InChI=1S/C20H14BrClN4OS/c1-12-9-18(24-19(27)15-10-14(21)7-8-16(15)22)26(25-12)20-23-17(11-28-20)13-5-3-2-4-6-13/h2-11H,1H3,(H,24,27). The van der Waals surface area contributed by atoms with Crippen LogP contribution in [0.5, 0.6) is 0 Å². The summed E-state index contributed by atoms with van der Waals surface area (Å²) in [6.07, 6.45) is 0. The molecule has 4 aromatic rings. The molecule has 28 heavy (non-hydrogen) atoms. The molecule has 0 aliphatic rings. The maximum absolute atomic E-state index is 12.7. The van der Waals surface area contributed by atoms with E-state index in [0.717, 1.165) is 21.4 Å². The SMILES string of the molecule is Cc1cc(NC(=O)c2cc(Br)ccc2Cl)n(-c2nc(-c3ccccc3)cs2)n1. The summed E-state index contributed by atoms with van der Waals surface area (Å²) in [5.41, 5.74) is 3.04. The van der Waals surface area contributed by atoms with Crippen LogP contribution >= 0.6 is 38.9 Å². The van der Waals surface area contributed by atoms with Crippen LogP contribution in [-0.4, -0.2) is 20.7 Å². The lowest BCUT2D eigenvalue weighted by Gasteiger charge is -2.08. The van der Waals surface area contributed by atoms with Gasteiger partial charge < -0.3 is 5.32 Å². The Morgan fingerprint density at radius 2 is 1.96 bits per heavy atom. The normalized spacial score (nSPS) is 10.8. The first-order valence-electron chi connectivity index (χ1n) is 8.35. The zero-order valence-corrected chi connectivity index (χ0v) is 17.8. The van der Waals surface area contributed by atoms with Crippen molar-refractivity contribution in [2.75, 3.05) is 5.32 Å². The number of aromatic nitrogens is 3. The molecule has 2 aromatic carbocycles. The molecule has 2 aromatic heterocycles. The predicted octanol–water partition coefficient (Wildman–Crippen LogP) is 5.97. The van der Waals surface area contributed by atoms with Crippen molar-refractivity contribution in [3.05, 3.63) is 80.7 Å². The lowest BCUT2D eigenvalue weighted by molar-refractivity contribution is 0.102. The van der Waals surface area contributed by atoms with Crippen molar-refractivity contribution < 1.29 is 4.79 Å². The summed E-state index contributed by atoms with van der Waals surface area (Å²) >= 11 is 11.0. The van der Waals surface area contributed by atoms with Gasteiger partial charge in [0.2, 0.25) is 5.13 Å². The first-order valence-corrected chi connectivity index (χ1v) is 10.4. The highest BCUT2D eigenvalue weighted by Gasteiger charge is 2.17. The Morgan fingerprint density at radius 3 is 2.75 bits per heavy atom. The van der Waals surface area contributed by atoms with Crippen molar-refractivity contribution >= 4 is 50.6 Å². The molecule has 0 unspecified atom stereocenters. The fraction of sp³-hybridized carbons (Fsp3) is 0.0500. The molecule has 0 radical (unpaired) electrons. The number of anilines is 1. The smallest absolute Gasteiger partial charge is 0.258 e. The van der Waals surface area contributed by atoms with E-state index in [9.17, 15) is 4.79 Å². The minimum Gasteiger partial charge on any atom is -0.306 e. The van der Waals surface area contributed by atoms with E-state index >= 15 is 0 Å². The molecule has 5 nitrogen and oxygen atoms in total. The highest BCUT2D eigenvalue weighted by atomic mass is 79.9. The molecule has 0 aliphatic heterocycles. The van der Waals surface area contributed by atoms with Crippen molar-refractivity contribution in [1.82, 2.24) is 14.8 Å². The van der Waals surface area contributed by atoms with E-state index in [1.165, 1.54) is 11.3 Å². The van der Waals surface area contributed by atoms with E-state index < -0.39 is 0 Å². The van der Waals surface area contributed by atoms with Crippen LogP contribution in [-0.2, 0) is 0 Å². The first-order chi connectivity index (χ1) is 13.5. The Labute approximate surface area is 179 Å². The monoisotopic (exact) mass is 472 g/mol. The second-order valence-electron chi connectivity index (χ2n) is 6.04. The number of halogens is 2. The van der Waals surface area contributed by atoms with Gasteiger partial charge in [-0.2, -0.15) is 9.78 Å². The highest BCUT2D eigenvalue weighted by molar-refractivity contribution is 9.10. The molecule has 0 atom stereocenters. The Bertz CT molecular complexity index is 1160. The number of rotatable bonds is 4. The van der Waals surface area contributed by atoms with Gasteiger partial charge in [0, 0.05) is 21.5 Å². The number of benzene rings is 2. The molecule has 0 saturated heterocycles. The Hall–Kier alpha value is -2.48. The van der Waals surface area contributed by atoms with Crippen molar-refractivity contribution in [3.8, 4) is 16.4 Å². The van der Waals surface area contributed by atoms with E-state index in [1.54, 1.807) is 28.9 Å². The molecule has 4 rings (SSSR count). The van der Waals surface area contributed by atoms with Crippen LogP contribution in [0.3, 0.4) is 0 Å². The number of thiazole rings is 1. The predicted molar refractivity (Wildman–Crippen MR) is 117 cm³/mol. The van der Waals surface area contributed by atoms with Gasteiger partial charge in [-0.05, 0) is 25.1 Å². The van der Waals surface area contributed by atoms with Crippen LogP contribution in [0.4, 0.5) is 5.82 Å². The summed E-state index contributed by atoms with van der Waals surface area (Å²) in [7, 11) is 0. The third kappa shape index (κ3) is 3.87. The number of nitrogens with zero attached hydrogens (tertiary/aromatic N) is 3. The summed E-state index contributed by atoms with van der Waals surface area (Å²) in [5.74, 6) is 0.222. The van der Waals surface area contributed by atoms with Crippen molar-refractivity contribution in [3.63, 3.8) is 0 Å². The van der Waals surface area contributed by atoms with Gasteiger partial charge in [0.05, 0.1) is 22.0 Å². The summed E-state index contributed by atoms with van der Waals surface area (Å²) in [5, 5.41) is 10.4. The Morgan fingerprint density at radius 1 is 1.18 bits per heavy atom. The molecular formula is C20H14BrClN4OS. The third-order valence-electron chi connectivity index (χ3n) is 3.99. The van der Waals surface area contributed by atoms with Gasteiger partial charge in [-0.15, -0.1) is 11.3 Å². The van der Waals surface area contributed by atoms with Crippen LogP contribution in [0.25, 0.3) is 16.4 Å². The lowest BCUT2D eigenvalue weighted by Crippen LogP contribution is -2.15. The van der Waals surface area contributed by atoms with Crippen molar-refractivity contribution in [2.45, 2.75) is 6.92 Å². The third-order valence-corrected chi connectivity index (χ3v) is 5.63. The van der Waals surface area contributed by atoms with Gasteiger partial charge >= 0.3 is 0 Å². The van der Waals surface area contributed by atoms with Crippen LogP contribution in [0.2, 0.25) is 5.02 Å². The second kappa shape index (κ2) is 7.87. The molecule has 0 saturated carbocycles. The summed E-state index contributed by atoms with van der Waals surface area (Å²) in [6, 6.07) is 16.9. The van der Waals surface area contributed by atoms with Crippen LogP contribution in [0, 0.1) is 6.92 Å². The fourth-order valence-electron chi connectivity index (χ4n) is 2.69. The average Bonchev–Trinajstić information content (AvgIpc) is 3.31. The molecular weight excluding hydrogens is 460 g/mol. The molecule has 0 bridgehead atoms. The molecule has 0 aliphatic carbocycles. The minimum atomic E-state index is -0.313. The van der Waals surface area contributed by atoms with Gasteiger partial charge in [0.15, 0.2) is 0 Å². The van der Waals surface area contributed by atoms with Crippen LogP contribution in [0.15, 0.2) is 64.5 Å². The van der Waals surface area contributed by atoms with Crippen molar-refractivity contribution in [2.24, 2.45) is 0 Å². The number of carbonyl (C=O) groups is 1. The molecule has 0 spiro atoms. The van der Waals surface area contributed by atoms with Gasteiger partial charge in [-0.25, -0.2) is 4.98 Å². The van der Waals surface area contributed by atoms with E-state index in [4.69, 9.17) is 11.6 Å². The minimum absolute atomic E-state index is 0.313. The zero-order chi connectivity index (χ0) is 19.7. The van der Waals surface area contributed by atoms with Crippen molar-refractivity contribution in [1.29, 1.82) is 0 Å². The second-order valence-corrected chi connectivity index (χ2v) is 8.20. The lowest BCUT2D eigenvalue weighted by atomic mass is 10.2. The average molecular weight is 474 g/mol. The summed E-state index contributed by atoms with van der Waals surface area (Å²) in [4.78, 5) is 17.4. The van der Waals surface area contributed by atoms with Gasteiger partial charge in [0.1, 0.15) is 5.82 Å². The molecule has 1 amide bonds. The number of carbonyl (C=O) groups excluding carboxylic acids is 1. The van der Waals surface area contributed by atoms with E-state index in [0.29, 0.717) is 21.5 Å². The molecule has 1 N–H and O–H groups in total. The van der Waals surface area contributed by atoms with E-state index in [-0.39, 0.29) is 5.91 Å². The molecule has 0 fully saturated rings. The maximum Gasteiger partial charge on any atom is 0.258 e. The van der Waals surface area contributed by atoms with E-state index in [1.807, 2.05) is 42.6 Å². The highest BCUT2D eigenvalue weighted by Crippen LogP contribution is 2.27. The quantitative estimate of drug-likeness (QED) is 0.397. The van der Waals surface area contributed by atoms with Crippen LogP contribution in [0.1, 0.15) is 16.1 Å². The first kappa shape index (κ1) is 18.9. The topological polar surface area (TPSA) is 59.8 Å². The van der Waals surface area contributed by atoms with Gasteiger partial charge in [-0.1, -0.05) is 57.9 Å². The summed E-state index contributed by atoms with van der Waals surface area (Å²) in [6.45, 7) is 1.87. The zero-order valence-electron chi connectivity index (χ0n) is 14.7. The number of nitrogens with one attached hydrogen (secondary N) is 1. The molecule has 140 valence electrons. The fourth-order valence-corrected chi connectivity index (χ4v) is 4.05. The maximum atomic E-state index is 12.7. The Kier molecular flexibility index (Phi) is 5.30. The molecule has 8 heteroatoms. The van der Waals surface area contributed by atoms with Crippen LogP contribution < -0.4 is 5.32 Å². The molecule has 2 heterocycles. The van der Waals surface area contributed by atoms with Gasteiger partial charge in [0.25, 0.3) is 5.91 Å². The summed E-state index contributed by atoms with van der Waals surface area (Å²) < 4.78 is 2.41. The number of hydrogen-bond acceptors (Lipinski definition) is 4. The number of aryl methyl sites for hydroxylation is 1.